The number of rotatable bonds is 8. The number of halogens is 1. The number of ketones is 1. The number of anilines is 2. The van der Waals surface area contributed by atoms with E-state index in [1.54, 1.807) is 63.2 Å². The summed E-state index contributed by atoms with van der Waals surface area (Å²) in [5, 5.41) is 0.334. The summed E-state index contributed by atoms with van der Waals surface area (Å²) in [4.78, 5) is 81.5. The van der Waals surface area contributed by atoms with Crippen LogP contribution in [0.25, 0.3) is 0 Å². The van der Waals surface area contributed by atoms with Crippen molar-refractivity contribution in [1.82, 2.24) is 4.90 Å². The molecule has 1 fully saturated rings. The number of hydrogen-bond donors (Lipinski definition) is 0. The highest BCUT2D eigenvalue weighted by molar-refractivity contribution is 6.31. The molecule has 5 aliphatic heterocycles. The summed E-state index contributed by atoms with van der Waals surface area (Å²) in [7, 11) is 2.36. The van der Waals surface area contributed by atoms with E-state index in [9.17, 15) is 9.59 Å². The summed E-state index contributed by atoms with van der Waals surface area (Å²) in [6.07, 6.45) is 2.37. The monoisotopic (exact) mass is 859 g/mol. The summed E-state index contributed by atoms with van der Waals surface area (Å²) in [6.45, 7) is 4.06. The lowest BCUT2D eigenvalue weighted by Crippen LogP contribution is -2.75. The van der Waals surface area contributed by atoms with Gasteiger partial charge in [0.2, 0.25) is 11.5 Å². The summed E-state index contributed by atoms with van der Waals surface area (Å²) >= 11 is 6.84. The SMILES string of the molecule is COC(=O)C1=C(C(=O)OC)[C@@]2(O[C@H]3[C@@H]4C=C[C@H](N13)[C@]1(C(=O)N(Cc3ccccc3)c3ccc(Cl)cc31)[C@H]4C(=O)c1ccc(C)cc1)C(=O)N(Cc1ccccc1)c1ccc(C)cc12. The molecular formula is C51H42ClN3O8. The van der Waals surface area contributed by atoms with Gasteiger partial charge in [-0.25, -0.2) is 9.59 Å². The fraction of sp³-hybridized carbons (Fsp3) is 0.235. The number of Topliss-reactive ketones (excluding diaryl/α,β-unsaturated/α-hetero) is 1. The third-order valence-electron chi connectivity index (χ3n) is 13.3. The maximum Gasteiger partial charge on any atom is 0.355 e. The predicted octanol–water partition coefficient (Wildman–Crippen LogP) is 7.51. The number of carbonyl (C=O) groups is 5. The second-order valence-electron chi connectivity index (χ2n) is 16.7. The van der Waals surface area contributed by atoms with Crippen LogP contribution in [0.5, 0.6) is 0 Å². The van der Waals surface area contributed by atoms with Gasteiger partial charge >= 0.3 is 11.9 Å². The normalized spacial score (nSPS) is 25.1. The van der Waals surface area contributed by atoms with Crippen LogP contribution in [0.4, 0.5) is 11.4 Å². The third-order valence-corrected chi connectivity index (χ3v) is 13.6. The van der Waals surface area contributed by atoms with Crippen LogP contribution in [0, 0.1) is 25.7 Å². The van der Waals surface area contributed by atoms with E-state index in [0.29, 0.717) is 33.1 Å². The zero-order valence-corrected chi connectivity index (χ0v) is 35.7. The second-order valence-corrected chi connectivity index (χ2v) is 17.2. The molecule has 11 nitrogen and oxygen atoms in total. The van der Waals surface area contributed by atoms with Gasteiger partial charge in [-0.15, -0.1) is 0 Å². The van der Waals surface area contributed by atoms with Gasteiger partial charge in [0, 0.05) is 27.8 Å². The van der Waals surface area contributed by atoms with E-state index in [1.807, 2.05) is 98.8 Å². The van der Waals surface area contributed by atoms with Gasteiger partial charge in [0.15, 0.2) is 5.78 Å². The van der Waals surface area contributed by atoms with E-state index in [1.165, 1.54) is 14.2 Å². The lowest BCUT2D eigenvalue weighted by atomic mass is 9.53. The van der Waals surface area contributed by atoms with E-state index in [0.717, 1.165) is 22.3 Å². The van der Waals surface area contributed by atoms with Gasteiger partial charge in [0.25, 0.3) is 5.91 Å². The van der Waals surface area contributed by atoms with Gasteiger partial charge in [0.05, 0.1) is 45.0 Å². The first-order valence-corrected chi connectivity index (χ1v) is 21.1. The van der Waals surface area contributed by atoms with E-state index in [-0.39, 0.29) is 24.6 Å². The molecule has 5 heterocycles. The van der Waals surface area contributed by atoms with E-state index < -0.39 is 64.4 Å². The molecule has 0 unspecified atom stereocenters. The topological polar surface area (TPSA) is 123 Å². The molecule has 1 saturated heterocycles. The molecule has 6 aliphatic rings. The second kappa shape index (κ2) is 14.9. The molecule has 316 valence electrons. The van der Waals surface area contributed by atoms with E-state index in [2.05, 4.69) is 0 Å². The van der Waals surface area contributed by atoms with Gasteiger partial charge < -0.3 is 28.9 Å². The van der Waals surface area contributed by atoms with Crippen LogP contribution in [0.15, 0.2) is 145 Å². The molecule has 63 heavy (non-hydrogen) atoms. The Morgan fingerprint density at radius 2 is 1.27 bits per heavy atom. The highest BCUT2D eigenvalue weighted by atomic mass is 35.5. The summed E-state index contributed by atoms with van der Waals surface area (Å²) in [5.41, 5.74) is 0.871. The van der Waals surface area contributed by atoms with Crippen LogP contribution < -0.4 is 9.80 Å². The van der Waals surface area contributed by atoms with Crippen molar-refractivity contribution < 1.29 is 38.2 Å². The van der Waals surface area contributed by atoms with E-state index >= 15 is 14.4 Å². The molecule has 0 N–H and O–H groups in total. The summed E-state index contributed by atoms with van der Waals surface area (Å²) < 4.78 is 18.3. The number of fused-ring (bicyclic) bond motifs is 3. The van der Waals surface area contributed by atoms with Crippen molar-refractivity contribution in [2.45, 2.75) is 50.2 Å². The molecular weight excluding hydrogens is 818 g/mol. The highest BCUT2D eigenvalue weighted by Gasteiger charge is 2.74. The van der Waals surface area contributed by atoms with Crippen molar-refractivity contribution in [2.24, 2.45) is 11.8 Å². The number of aryl methyl sites for hydroxylation is 2. The van der Waals surface area contributed by atoms with Gasteiger partial charge in [0.1, 0.15) is 22.9 Å². The molecule has 5 aromatic carbocycles. The highest BCUT2D eigenvalue weighted by Crippen LogP contribution is 2.64. The Bertz CT molecular complexity index is 2830. The largest absolute Gasteiger partial charge is 0.465 e. The Labute approximate surface area is 369 Å². The zero-order valence-electron chi connectivity index (χ0n) is 34.9. The molecule has 5 aromatic rings. The Morgan fingerprint density at radius 1 is 0.683 bits per heavy atom. The number of benzene rings is 5. The van der Waals surface area contributed by atoms with Crippen molar-refractivity contribution in [3.05, 3.63) is 189 Å². The summed E-state index contributed by atoms with van der Waals surface area (Å²) in [5.74, 6) is -5.48. The van der Waals surface area contributed by atoms with E-state index in [4.69, 9.17) is 25.8 Å². The van der Waals surface area contributed by atoms with Crippen LogP contribution in [-0.2, 0) is 57.5 Å². The molecule has 0 radical (unpaired) electrons. The molecule has 1 aliphatic carbocycles. The maximum absolute atomic E-state index is 16.0. The van der Waals surface area contributed by atoms with Crippen molar-refractivity contribution >= 4 is 52.5 Å². The Kier molecular flexibility index (Phi) is 9.54. The fourth-order valence-electron chi connectivity index (χ4n) is 10.7. The Morgan fingerprint density at radius 3 is 1.90 bits per heavy atom. The number of hydrogen-bond acceptors (Lipinski definition) is 9. The summed E-state index contributed by atoms with van der Waals surface area (Å²) in [6, 6.07) is 35.6. The number of piperidine rings is 1. The molecule has 11 rings (SSSR count). The van der Waals surface area contributed by atoms with Crippen LogP contribution in [-0.4, -0.2) is 60.9 Å². The Balaban J connectivity index is 1.26. The van der Waals surface area contributed by atoms with Crippen LogP contribution in [0.3, 0.4) is 0 Å². The minimum atomic E-state index is -2.25. The van der Waals surface area contributed by atoms with Gasteiger partial charge in [-0.3, -0.25) is 14.4 Å². The number of methoxy groups -OCH3 is 2. The first-order chi connectivity index (χ1) is 30.4. The first-order valence-electron chi connectivity index (χ1n) is 20.7. The molecule has 2 spiro atoms. The smallest absolute Gasteiger partial charge is 0.355 e. The number of nitrogens with zero attached hydrogens (tertiary/aromatic N) is 3. The number of carbonyl (C=O) groups excluding carboxylic acids is 5. The lowest BCUT2D eigenvalue weighted by Gasteiger charge is -2.62. The molecule has 0 aromatic heterocycles. The molecule has 0 saturated carbocycles. The average molecular weight is 860 g/mol. The van der Waals surface area contributed by atoms with Gasteiger partial charge in [-0.2, -0.15) is 0 Å². The minimum Gasteiger partial charge on any atom is -0.465 e. The molecule has 12 heteroatoms. The average Bonchev–Trinajstić information content (AvgIpc) is 3.65. The predicted molar refractivity (Wildman–Crippen MR) is 234 cm³/mol. The van der Waals surface area contributed by atoms with Crippen LogP contribution >= 0.6 is 11.6 Å². The van der Waals surface area contributed by atoms with Crippen molar-refractivity contribution in [2.75, 3.05) is 24.0 Å². The molecule has 2 bridgehead atoms. The standard InChI is InChI=1S/C51H42ClN3O8/c1-29-15-18-33(19-16-29)44(56)41-35-21-24-40(50(41)36-26-34(52)20-23-38(36)53(48(50)59)27-31-11-7-5-8-12-31)55-43(47(58)62-4)42(46(57)61-3)51(63-45(35)55)37-25-30(2)17-22-39(37)54(49(51)60)28-32-13-9-6-10-14-32/h5-26,35,40-41,45H,27-28H2,1-4H3/t35-,40+,41-,45+,50+,51-/m1/s1. The van der Waals surface area contributed by atoms with Crippen LogP contribution in [0.2, 0.25) is 5.02 Å². The van der Waals surface area contributed by atoms with Crippen molar-refractivity contribution in [3.8, 4) is 0 Å². The number of amides is 2. The maximum atomic E-state index is 16.0. The van der Waals surface area contributed by atoms with Crippen LogP contribution in [0.1, 0.15) is 43.7 Å². The molecule has 2 amide bonds. The van der Waals surface area contributed by atoms with Crippen molar-refractivity contribution in [3.63, 3.8) is 0 Å². The lowest BCUT2D eigenvalue weighted by molar-refractivity contribution is -0.216. The zero-order chi connectivity index (χ0) is 43.9. The molecule has 6 atom stereocenters. The first kappa shape index (κ1) is 40.3. The fourth-order valence-corrected chi connectivity index (χ4v) is 10.8. The number of ether oxygens (including phenoxy) is 3. The van der Waals surface area contributed by atoms with Gasteiger partial charge in [-0.05, 0) is 54.8 Å². The van der Waals surface area contributed by atoms with Crippen molar-refractivity contribution in [1.29, 1.82) is 0 Å². The Hall–Kier alpha value is -6.82. The minimum absolute atomic E-state index is 0.115. The number of esters is 2. The van der Waals surface area contributed by atoms with Gasteiger partial charge in [-0.1, -0.05) is 132 Å². The quantitative estimate of drug-likeness (QED) is 0.0887. The third kappa shape index (κ3) is 5.72.